The Hall–Kier alpha value is -3.62. The van der Waals surface area contributed by atoms with Crippen molar-refractivity contribution < 1.29 is 19.4 Å². The van der Waals surface area contributed by atoms with Crippen molar-refractivity contribution in [2.75, 3.05) is 14.2 Å². The monoisotopic (exact) mass is 371 g/mol. The number of pyridine rings is 1. The van der Waals surface area contributed by atoms with E-state index in [1.165, 1.54) is 34.4 Å². The average molecular weight is 371 g/mol. The van der Waals surface area contributed by atoms with Gasteiger partial charge in [-0.05, 0) is 24.3 Å². The Balaban J connectivity index is 2.42. The van der Waals surface area contributed by atoms with E-state index >= 15 is 0 Å². The zero-order valence-electron chi connectivity index (χ0n) is 15.1. The number of ether oxygens (including phenoxy) is 2. The topological polar surface area (TPSA) is 113 Å². The van der Waals surface area contributed by atoms with Crippen molar-refractivity contribution >= 4 is 17.0 Å². The van der Waals surface area contributed by atoms with E-state index in [9.17, 15) is 19.5 Å². The fraction of sp³-hybridized carbons (Fsp3) is 0.222. The van der Waals surface area contributed by atoms with Gasteiger partial charge in [0, 0.05) is 19.7 Å². The van der Waals surface area contributed by atoms with E-state index in [-0.39, 0.29) is 22.3 Å². The Morgan fingerprint density at radius 3 is 2.30 bits per heavy atom. The molecule has 0 saturated carbocycles. The molecule has 9 heteroatoms. The molecule has 0 atom stereocenters. The highest BCUT2D eigenvalue weighted by Gasteiger charge is 2.20. The second kappa shape index (κ2) is 6.60. The quantitative estimate of drug-likeness (QED) is 0.728. The highest BCUT2D eigenvalue weighted by atomic mass is 16.5. The number of benzene rings is 1. The molecule has 2 heterocycles. The predicted molar refractivity (Wildman–Crippen MR) is 97.7 cm³/mol. The Kier molecular flexibility index (Phi) is 4.44. The molecule has 0 amide bonds. The van der Waals surface area contributed by atoms with Gasteiger partial charge in [0.05, 0.1) is 30.9 Å². The van der Waals surface area contributed by atoms with Crippen LogP contribution in [0.5, 0.6) is 11.5 Å². The van der Waals surface area contributed by atoms with Crippen molar-refractivity contribution in [3.8, 4) is 22.8 Å². The van der Waals surface area contributed by atoms with E-state index in [0.717, 1.165) is 9.13 Å². The Morgan fingerprint density at radius 2 is 1.70 bits per heavy atom. The van der Waals surface area contributed by atoms with Crippen molar-refractivity contribution in [1.29, 1.82) is 0 Å². The number of methoxy groups -OCH3 is 2. The third-order valence-electron chi connectivity index (χ3n) is 4.32. The summed E-state index contributed by atoms with van der Waals surface area (Å²) in [6.45, 7) is 0. The van der Waals surface area contributed by atoms with Crippen LogP contribution in [0.4, 0.5) is 0 Å². The molecule has 1 aromatic carbocycles. The number of aromatic carboxylic acids is 1. The normalized spacial score (nSPS) is 10.8. The van der Waals surface area contributed by atoms with Crippen molar-refractivity contribution in [1.82, 2.24) is 14.1 Å². The van der Waals surface area contributed by atoms with E-state index < -0.39 is 17.2 Å². The molecule has 140 valence electrons. The van der Waals surface area contributed by atoms with Crippen molar-refractivity contribution in [2.45, 2.75) is 0 Å². The van der Waals surface area contributed by atoms with E-state index in [1.54, 1.807) is 18.2 Å². The van der Waals surface area contributed by atoms with Crippen LogP contribution in [0.1, 0.15) is 10.4 Å². The lowest BCUT2D eigenvalue weighted by Gasteiger charge is -2.12. The third kappa shape index (κ3) is 2.82. The predicted octanol–water partition coefficient (Wildman–Crippen LogP) is 1.01. The number of hydrogen-bond acceptors (Lipinski definition) is 6. The smallest absolute Gasteiger partial charge is 0.336 e. The van der Waals surface area contributed by atoms with Crippen LogP contribution in [-0.2, 0) is 14.1 Å². The van der Waals surface area contributed by atoms with Crippen LogP contribution in [0.25, 0.3) is 22.3 Å². The van der Waals surface area contributed by atoms with E-state index in [0.29, 0.717) is 17.1 Å². The van der Waals surface area contributed by atoms with Gasteiger partial charge in [0.1, 0.15) is 0 Å². The molecular formula is C18H17N3O6. The average Bonchev–Trinajstić information content (AvgIpc) is 2.68. The molecule has 0 radical (unpaired) electrons. The van der Waals surface area contributed by atoms with Gasteiger partial charge in [-0.1, -0.05) is 0 Å². The molecule has 0 aliphatic carbocycles. The van der Waals surface area contributed by atoms with Crippen molar-refractivity contribution in [2.24, 2.45) is 14.1 Å². The second-order valence-corrected chi connectivity index (χ2v) is 5.83. The summed E-state index contributed by atoms with van der Waals surface area (Å²) in [6, 6.07) is 6.28. The van der Waals surface area contributed by atoms with Crippen LogP contribution in [-0.4, -0.2) is 39.4 Å². The lowest BCUT2D eigenvalue weighted by atomic mass is 10.1. The van der Waals surface area contributed by atoms with Gasteiger partial charge in [0.15, 0.2) is 17.1 Å². The molecule has 0 aliphatic rings. The zero-order chi connectivity index (χ0) is 19.9. The van der Waals surface area contributed by atoms with Crippen molar-refractivity contribution in [3.05, 3.63) is 50.7 Å². The maximum atomic E-state index is 12.5. The largest absolute Gasteiger partial charge is 0.493 e. The van der Waals surface area contributed by atoms with Crippen LogP contribution in [0.15, 0.2) is 33.9 Å². The summed E-state index contributed by atoms with van der Waals surface area (Å²) in [5, 5.41) is 9.48. The maximum Gasteiger partial charge on any atom is 0.336 e. The number of carbonyl (C=O) groups is 1. The summed E-state index contributed by atoms with van der Waals surface area (Å²) in [4.78, 5) is 40.8. The van der Waals surface area contributed by atoms with E-state index in [2.05, 4.69) is 4.98 Å². The number of hydrogen-bond donors (Lipinski definition) is 1. The van der Waals surface area contributed by atoms with Gasteiger partial charge in [0.25, 0.3) is 5.56 Å². The number of carboxylic acids is 1. The SMILES string of the molecule is COc1ccc(-c2cc(C(=O)O)c3c(=O)n(C)c(=O)n(C)c3n2)cc1OC. The molecule has 0 spiro atoms. The summed E-state index contributed by atoms with van der Waals surface area (Å²) >= 11 is 0. The molecule has 27 heavy (non-hydrogen) atoms. The number of rotatable bonds is 4. The molecule has 0 unspecified atom stereocenters. The molecular weight excluding hydrogens is 354 g/mol. The lowest BCUT2D eigenvalue weighted by molar-refractivity contribution is 0.0699. The summed E-state index contributed by atoms with van der Waals surface area (Å²) in [7, 11) is 5.70. The standard InChI is InChI=1S/C18H17N3O6/c1-20-15-14(16(22)21(2)18(20)25)10(17(23)24)8-11(19-15)9-5-6-12(26-3)13(7-9)27-4/h5-8H,1-4H3,(H,23,24). The summed E-state index contributed by atoms with van der Waals surface area (Å²) in [5.41, 5.74) is -0.722. The second-order valence-electron chi connectivity index (χ2n) is 5.83. The zero-order valence-corrected chi connectivity index (χ0v) is 15.1. The van der Waals surface area contributed by atoms with E-state index in [1.807, 2.05) is 0 Å². The number of nitrogens with zero attached hydrogens (tertiary/aromatic N) is 3. The molecule has 0 saturated heterocycles. The van der Waals surface area contributed by atoms with E-state index in [4.69, 9.17) is 9.47 Å². The molecule has 0 fully saturated rings. The van der Waals surface area contributed by atoms with Gasteiger partial charge >= 0.3 is 11.7 Å². The number of fused-ring (bicyclic) bond motifs is 1. The lowest BCUT2D eigenvalue weighted by Crippen LogP contribution is -2.38. The summed E-state index contributed by atoms with van der Waals surface area (Å²) in [6.07, 6.45) is 0. The molecule has 1 N–H and O–H groups in total. The maximum absolute atomic E-state index is 12.5. The minimum Gasteiger partial charge on any atom is -0.493 e. The fourth-order valence-electron chi connectivity index (χ4n) is 2.87. The van der Waals surface area contributed by atoms with Gasteiger partial charge in [-0.25, -0.2) is 14.6 Å². The molecule has 3 rings (SSSR count). The van der Waals surface area contributed by atoms with Crippen LogP contribution >= 0.6 is 0 Å². The molecule has 2 aromatic heterocycles. The van der Waals surface area contributed by atoms with Crippen LogP contribution in [0, 0.1) is 0 Å². The third-order valence-corrected chi connectivity index (χ3v) is 4.32. The van der Waals surface area contributed by atoms with Gasteiger partial charge in [0.2, 0.25) is 0 Å². The highest BCUT2D eigenvalue weighted by molar-refractivity contribution is 6.02. The molecule has 0 aliphatic heterocycles. The minimum atomic E-state index is -1.29. The first-order chi connectivity index (χ1) is 12.8. The van der Waals surface area contributed by atoms with Gasteiger partial charge < -0.3 is 14.6 Å². The Labute approximate surface area is 153 Å². The summed E-state index contributed by atoms with van der Waals surface area (Å²) in [5.74, 6) is -0.353. The summed E-state index contributed by atoms with van der Waals surface area (Å²) < 4.78 is 12.5. The fourth-order valence-corrected chi connectivity index (χ4v) is 2.87. The Morgan fingerprint density at radius 1 is 1.04 bits per heavy atom. The number of carboxylic acid groups (broad SMARTS) is 1. The van der Waals surface area contributed by atoms with Crippen LogP contribution < -0.4 is 20.7 Å². The van der Waals surface area contributed by atoms with Crippen LogP contribution in [0.2, 0.25) is 0 Å². The number of aromatic nitrogens is 3. The molecule has 0 bridgehead atoms. The Bertz CT molecular complexity index is 1190. The van der Waals surface area contributed by atoms with Crippen molar-refractivity contribution in [3.63, 3.8) is 0 Å². The minimum absolute atomic E-state index is 0.00668. The van der Waals surface area contributed by atoms with Gasteiger partial charge in [-0.3, -0.25) is 13.9 Å². The first-order valence-corrected chi connectivity index (χ1v) is 7.86. The first-order valence-electron chi connectivity index (χ1n) is 7.86. The number of aryl methyl sites for hydroxylation is 1. The first kappa shape index (κ1) is 18.2. The molecule has 3 aromatic rings. The molecule has 9 nitrogen and oxygen atoms in total. The van der Waals surface area contributed by atoms with Crippen LogP contribution in [0.3, 0.4) is 0 Å². The van der Waals surface area contributed by atoms with Gasteiger partial charge in [-0.2, -0.15) is 0 Å². The van der Waals surface area contributed by atoms with Gasteiger partial charge in [-0.15, -0.1) is 0 Å². The highest BCUT2D eigenvalue weighted by Crippen LogP contribution is 2.32.